The Bertz CT molecular complexity index is 1070. The maximum Gasteiger partial charge on any atom is 0.256 e. The van der Waals surface area contributed by atoms with Crippen LogP contribution < -0.4 is 15.4 Å². The predicted molar refractivity (Wildman–Crippen MR) is 121 cm³/mol. The van der Waals surface area contributed by atoms with E-state index in [0.29, 0.717) is 28.0 Å². The topological polar surface area (TPSA) is 96.2 Å². The molecule has 3 heterocycles. The van der Waals surface area contributed by atoms with Gasteiger partial charge in [0.15, 0.2) is 11.3 Å². The van der Waals surface area contributed by atoms with E-state index in [0.717, 1.165) is 31.0 Å². The third-order valence-electron chi connectivity index (χ3n) is 5.53. The van der Waals surface area contributed by atoms with E-state index in [9.17, 15) is 10.0 Å². The molecule has 1 aromatic heterocycles. The summed E-state index contributed by atoms with van der Waals surface area (Å²) in [6.07, 6.45) is 3.04. The number of rotatable bonds is 6. The summed E-state index contributed by atoms with van der Waals surface area (Å²) in [7, 11) is 1.55. The zero-order chi connectivity index (χ0) is 22.8. The number of nitrogens with zero attached hydrogens (tertiary/aromatic N) is 1. The van der Waals surface area contributed by atoms with E-state index >= 15 is 0 Å². The van der Waals surface area contributed by atoms with Crippen molar-refractivity contribution in [2.75, 3.05) is 26.7 Å². The van der Waals surface area contributed by atoms with Crippen LogP contribution in [0.1, 0.15) is 42.0 Å². The summed E-state index contributed by atoms with van der Waals surface area (Å²) in [5.41, 5.74) is 1.08. The Hall–Kier alpha value is -2.23. The summed E-state index contributed by atoms with van der Waals surface area (Å²) in [5, 5.41) is 17.4. The molecule has 2 aliphatic rings. The number of carbonyl (C=O) groups excluding carboxylic acids is 1. The fourth-order valence-electron chi connectivity index (χ4n) is 3.86. The third-order valence-corrected chi connectivity index (χ3v) is 6.12. The van der Waals surface area contributed by atoms with Crippen LogP contribution in [0.2, 0.25) is 0 Å². The van der Waals surface area contributed by atoms with Crippen LogP contribution in [0.5, 0.6) is 5.75 Å². The molecule has 2 aromatic rings. The molecule has 172 valence electrons. The number of carbonyl (C=O) groups is 1. The van der Waals surface area contributed by atoms with Crippen LogP contribution in [0.15, 0.2) is 44.6 Å². The zero-order valence-corrected chi connectivity index (χ0v) is 19.3. The van der Waals surface area contributed by atoms with Crippen molar-refractivity contribution in [2.24, 2.45) is 0 Å². The maximum absolute atomic E-state index is 13.1. The van der Waals surface area contributed by atoms with Gasteiger partial charge in [0.05, 0.1) is 41.1 Å². The number of allylic oxidation sites excluding steroid dienone is 1. The Morgan fingerprint density at radius 2 is 2.09 bits per heavy atom. The van der Waals surface area contributed by atoms with Crippen molar-refractivity contribution in [3.63, 3.8) is 0 Å². The molecule has 0 spiro atoms. The summed E-state index contributed by atoms with van der Waals surface area (Å²) < 4.78 is 17.7. The van der Waals surface area contributed by atoms with Gasteiger partial charge in [-0.3, -0.25) is 15.1 Å². The van der Waals surface area contributed by atoms with Crippen molar-refractivity contribution in [3.05, 3.63) is 51.5 Å². The Kier molecular flexibility index (Phi) is 6.97. The number of furan rings is 1. The summed E-state index contributed by atoms with van der Waals surface area (Å²) in [4.78, 5) is 13.1. The van der Waals surface area contributed by atoms with Crippen LogP contribution in [0.25, 0.3) is 11.0 Å². The first kappa shape index (κ1) is 22.9. The molecule has 3 N–H and O–H groups in total. The number of hydrogen-bond acceptors (Lipinski definition) is 7. The zero-order valence-electron chi connectivity index (χ0n) is 17.8. The average Bonchev–Trinajstić information content (AvgIpc) is 3.22. The van der Waals surface area contributed by atoms with Crippen molar-refractivity contribution in [3.8, 4) is 5.75 Å². The highest BCUT2D eigenvalue weighted by Gasteiger charge is 2.25. The predicted octanol–water partition coefficient (Wildman–Crippen LogP) is 4.24. The lowest BCUT2D eigenvalue weighted by molar-refractivity contribution is -0.0321. The highest BCUT2D eigenvalue weighted by molar-refractivity contribution is 6.36. The van der Waals surface area contributed by atoms with E-state index in [-0.39, 0.29) is 34.5 Å². The Morgan fingerprint density at radius 1 is 1.34 bits per heavy atom. The molecule has 0 radical (unpaired) electrons. The van der Waals surface area contributed by atoms with Gasteiger partial charge in [-0.15, -0.1) is 0 Å². The van der Waals surface area contributed by atoms with E-state index < -0.39 is 5.91 Å². The van der Waals surface area contributed by atoms with Gasteiger partial charge < -0.3 is 24.5 Å². The first-order valence-electron chi connectivity index (χ1n) is 10.4. The molecule has 10 heteroatoms. The number of nitrogens with one attached hydrogen (secondary N) is 2. The monoisotopic (exact) mass is 481 g/mol. The Morgan fingerprint density at radius 3 is 2.78 bits per heavy atom. The van der Waals surface area contributed by atoms with E-state index in [1.807, 2.05) is 13.0 Å². The molecular formula is C22H25Cl2N3O5. The first-order valence-corrected chi connectivity index (χ1v) is 11.1. The summed E-state index contributed by atoms with van der Waals surface area (Å²) in [6.45, 7) is 3.81. The number of hydrogen-bond donors (Lipinski definition) is 3. The first-order chi connectivity index (χ1) is 15.4. The minimum atomic E-state index is -0.414. The second-order valence-electron chi connectivity index (χ2n) is 7.74. The molecule has 1 atom stereocenters. The number of ether oxygens (including phenoxy) is 2. The van der Waals surface area contributed by atoms with Crippen LogP contribution in [0.3, 0.4) is 0 Å². The van der Waals surface area contributed by atoms with Gasteiger partial charge in [-0.25, -0.2) is 0 Å². The van der Waals surface area contributed by atoms with Gasteiger partial charge >= 0.3 is 0 Å². The van der Waals surface area contributed by atoms with Crippen molar-refractivity contribution >= 4 is 40.1 Å². The standard InChI is InChI=1S/C22H25Cl2N3O5/c1-12(31-13-5-7-25-8-6-13)19-9-15-14(3-4-18(30-2)21(15)32-19)22(28)26-20-16(23)10-27(29)11-17(20)24/h3-4,9-10,12-13,25,29H,5-8,11H2,1-2H3,(H,26,28). The molecule has 1 saturated heterocycles. The summed E-state index contributed by atoms with van der Waals surface area (Å²) in [5.74, 6) is 0.712. The second kappa shape index (κ2) is 9.72. The minimum absolute atomic E-state index is 0.0206. The molecule has 0 aliphatic carbocycles. The van der Waals surface area contributed by atoms with E-state index in [2.05, 4.69) is 10.6 Å². The summed E-state index contributed by atoms with van der Waals surface area (Å²) in [6, 6.07) is 5.14. The van der Waals surface area contributed by atoms with Crippen LogP contribution >= 0.6 is 23.2 Å². The molecule has 1 amide bonds. The smallest absolute Gasteiger partial charge is 0.256 e. The van der Waals surface area contributed by atoms with Crippen LogP contribution in [0, 0.1) is 0 Å². The molecule has 0 bridgehead atoms. The van der Waals surface area contributed by atoms with E-state index in [1.165, 1.54) is 6.20 Å². The quantitative estimate of drug-likeness (QED) is 0.567. The Labute approximate surface area is 195 Å². The number of fused-ring (bicyclic) bond motifs is 1. The van der Waals surface area contributed by atoms with Crippen molar-refractivity contribution in [2.45, 2.75) is 32.0 Å². The van der Waals surface area contributed by atoms with E-state index in [4.69, 9.17) is 37.1 Å². The third kappa shape index (κ3) is 4.74. The highest BCUT2D eigenvalue weighted by atomic mass is 35.5. The lowest BCUT2D eigenvalue weighted by atomic mass is 10.1. The van der Waals surface area contributed by atoms with Gasteiger partial charge in [0.25, 0.3) is 5.91 Å². The number of hydroxylamine groups is 2. The van der Waals surface area contributed by atoms with Gasteiger partial charge in [0.1, 0.15) is 11.9 Å². The van der Waals surface area contributed by atoms with Crippen LogP contribution in [-0.2, 0) is 4.74 Å². The van der Waals surface area contributed by atoms with Crippen LogP contribution in [0.4, 0.5) is 0 Å². The molecular weight excluding hydrogens is 457 g/mol. The van der Waals surface area contributed by atoms with Gasteiger partial charge in [-0.05, 0) is 51.1 Å². The van der Waals surface area contributed by atoms with Gasteiger partial charge in [-0.2, -0.15) is 0 Å². The molecule has 32 heavy (non-hydrogen) atoms. The number of halogens is 2. The van der Waals surface area contributed by atoms with Crippen LogP contribution in [-0.4, -0.2) is 49.0 Å². The average molecular weight is 482 g/mol. The summed E-state index contributed by atoms with van der Waals surface area (Å²) >= 11 is 12.3. The maximum atomic E-state index is 13.1. The van der Waals surface area contributed by atoms with Gasteiger partial charge in [0, 0.05) is 11.6 Å². The lowest BCUT2D eigenvalue weighted by Crippen LogP contribution is -2.32. The van der Waals surface area contributed by atoms with Crippen molar-refractivity contribution in [1.29, 1.82) is 0 Å². The molecule has 8 nitrogen and oxygen atoms in total. The number of methoxy groups -OCH3 is 1. The number of amides is 1. The largest absolute Gasteiger partial charge is 0.493 e. The number of benzene rings is 1. The fraction of sp³-hybridized carbons (Fsp3) is 0.409. The normalized spacial score (nSPS) is 18.7. The molecule has 1 unspecified atom stereocenters. The molecule has 1 aromatic carbocycles. The SMILES string of the molecule is COc1ccc(C(=O)NC2=C(Cl)CN(O)C=C2Cl)c2cc(C(C)OC3CCNCC3)oc12. The molecule has 1 fully saturated rings. The van der Waals surface area contributed by atoms with Crippen molar-refractivity contribution in [1.82, 2.24) is 15.7 Å². The number of piperidine rings is 1. The van der Waals surface area contributed by atoms with Gasteiger partial charge in [0.2, 0.25) is 0 Å². The minimum Gasteiger partial charge on any atom is -0.493 e. The van der Waals surface area contributed by atoms with E-state index in [1.54, 1.807) is 19.2 Å². The molecule has 2 aliphatic heterocycles. The Balaban J connectivity index is 1.62. The van der Waals surface area contributed by atoms with Gasteiger partial charge in [-0.1, -0.05) is 23.2 Å². The lowest BCUT2D eigenvalue weighted by Gasteiger charge is -2.25. The fourth-order valence-corrected chi connectivity index (χ4v) is 4.46. The molecule has 4 rings (SSSR count). The molecule has 0 saturated carbocycles. The second-order valence-corrected chi connectivity index (χ2v) is 8.61. The van der Waals surface area contributed by atoms with Crippen molar-refractivity contribution < 1.29 is 23.9 Å². The highest BCUT2D eigenvalue weighted by Crippen LogP contribution is 2.35.